The molecule has 1 aromatic heterocycles. The van der Waals surface area contributed by atoms with Gasteiger partial charge < -0.3 is 5.32 Å². The number of rotatable bonds is 5. The van der Waals surface area contributed by atoms with Crippen LogP contribution in [0.2, 0.25) is 0 Å². The van der Waals surface area contributed by atoms with E-state index in [-0.39, 0.29) is 5.82 Å². The number of benzene rings is 1. The van der Waals surface area contributed by atoms with Crippen molar-refractivity contribution in [1.29, 1.82) is 0 Å². The molecule has 0 amide bonds. The van der Waals surface area contributed by atoms with Crippen LogP contribution in [0.3, 0.4) is 0 Å². The average molecular weight is 232 g/mol. The monoisotopic (exact) mass is 232 g/mol. The Balaban J connectivity index is 2.19. The van der Waals surface area contributed by atoms with E-state index in [2.05, 4.69) is 17.2 Å². The first-order valence-electron chi connectivity index (χ1n) is 6.10. The summed E-state index contributed by atoms with van der Waals surface area (Å²) in [6, 6.07) is 6.95. The van der Waals surface area contributed by atoms with Crippen LogP contribution >= 0.6 is 0 Å². The molecule has 0 aliphatic rings. The molecular weight excluding hydrogens is 215 g/mol. The second-order valence-electron chi connectivity index (χ2n) is 4.13. The quantitative estimate of drug-likeness (QED) is 0.789. The topological polar surface area (TPSA) is 24.9 Å². The zero-order valence-corrected chi connectivity index (χ0v) is 10.0. The number of nitrogens with one attached hydrogen (secondary N) is 1. The number of aromatic nitrogens is 1. The number of hydrogen-bond acceptors (Lipinski definition) is 2. The molecule has 0 aliphatic heterocycles. The van der Waals surface area contributed by atoms with Crippen molar-refractivity contribution in [2.45, 2.75) is 26.2 Å². The van der Waals surface area contributed by atoms with Crippen LogP contribution in [0.25, 0.3) is 10.9 Å². The lowest BCUT2D eigenvalue weighted by Crippen LogP contribution is -2.02. The minimum Gasteiger partial charge on any atom is -0.384 e. The molecule has 3 heteroatoms. The summed E-state index contributed by atoms with van der Waals surface area (Å²) in [6.45, 7) is 3.10. The Morgan fingerprint density at radius 1 is 1.24 bits per heavy atom. The van der Waals surface area contributed by atoms with E-state index in [4.69, 9.17) is 0 Å². The summed E-state index contributed by atoms with van der Waals surface area (Å²) >= 11 is 0. The molecule has 1 N–H and O–H groups in total. The molecule has 2 nitrogen and oxygen atoms in total. The van der Waals surface area contributed by atoms with Gasteiger partial charge >= 0.3 is 0 Å². The second kappa shape index (κ2) is 5.62. The van der Waals surface area contributed by atoms with Crippen molar-refractivity contribution in [3.05, 3.63) is 36.3 Å². The fraction of sp³-hybridized carbons (Fsp3) is 0.357. The van der Waals surface area contributed by atoms with Gasteiger partial charge in [-0.1, -0.05) is 31.9 Å². The van der Waals surface area contributed by atoms with Gasteiger partial charge in [0.25, 0.3) is 0 Å². The zero-order valence-electron chi connectivity index (χ0n) is 10.0. The number of hydrogen-bond donors (Lipinski definition) is 1. The second-order valence-corrected chi connectivity index (χ2v) is 4.13. The van der Waals surface area contributed by atoms with Gasteiger partial charge in [0.15, 0.2) is 0 Å². The fourth-order valence-electron chi connectivity index (χ4n) is 1.89. The molecule has 0 aliphatic carbocycles. The predicted octanol–water partition coefficient (Wildman–Crippen LogP) is 3.98. The maximum Gasteiger partial charge on any atom is 0.149 e. The third-order valence-corrected chi connectivity index (χ3v) is 2.82. The van der Waals surface area contributed by atoms with Gasteiger partial charge in [0.2, 0.25) is 0 Å². The summed E-state index contributed by atoms with van der Waals surface area (Å²) in [7, 11) is 0. The minimum absolute atomic E-state index is 0.264. The van der Waals surface area contributed by atoms with Crippen molar-refractivity contribution in [2.75, 3.05) is 11.9 Å². The number of halogens is 1. The van der Waals surface area contributed by atoms with Gasteiger partial charge in [0.05, 0.1) is 0 Å². The normalized spacial score (nSPS) is 10.7. The van der Waals surface area contributed by atoms with E-state index in [1.54, 1.807) is 12.3 Å². The maximum atomic E-state index is 13.5. The smallest absolute Gasteiger partial charge is 0.149 e. The number of pyridine rings is 1. The molecule has 0 atom stereocenters. The van der Waals surface area contributed by atoms with E-state index in [1.165, 1.54) is 18.9 Å². The predicted molar refractivity (Wildman–Crippen MR) is 69.7 cm³/mol. The summed E-state index contributed by atoms with van der Waals surface area (Å²) < 4.78 is 13.5. The lowest BCUT2D eigenvalue weighted by atomic mass is 10.1. The van der Waals surface area contributed by atoms with Crippen molar-refractivity contribution in [3.8, 4) is 0 Å². The van der Waals surface area contributed by atoms with Gasteiger partial charge in [0.1, 0.15) is 11.3 Å². The first-order valence-corrected chi connectivity index (χ1v) is 6.10. The highest BCUT2D eigenvalue weighted by atomic mass is 19.1. The summed E-state index contributed by atoms with van der Waals surface area (Å²) in [5, 5.41) is 4.19. The van der Waals surface area contributed by atoms with Crippen LogP contribution in [-0.2, 0) is 0 Å². The summed E-state index contributed by atoms with van der Waals surface area (Å²) in [6.07, 6.45) is 5.20. The molecule has 1 heterocycles. The van der Waals surface area contributed by atoms with E-state index < -0.39 is 0 Å². The van der Waals surface area contributed by atoms with Crippen molar-refractivity contribution in [1.82, 2.24) is 4.98 Å². The molecule has 0 saturated heterocycles. The van der Waals surface area contributed by atoms with Crippen LogP contribution in [0.1, 0.15) is 26.2 Å². The molecule has 17 heavy (non-hydrogen) atoms. The van der Waals surface area contributed by atoms with Crippen molar-refractivity contribution >= 4 is 16.6 Å². The molecular formula is C14H17FN2. The number of fused-ring (bicyclic) bond motifs is 1. The third kappa shape index (κ3) is 2.73. The Labute approximate surface area is 101 Å². The number of nitrogens with zero attached hydrogens (tertiary/aromatic N) is 1. The third-order valence-electron chi connectivity index (χ3n) is 2.82. The van der Waals surface area contributed by atoms with Crippen LogP contribution in [0.5, 0.6) is 0 Å². The average Bonchev–Trinajstić information content (AvgIpc) is 2.36. The Bertz CT molecular complexity index is 497. The summed E-state index contributed by atoms with van der Waals surface area (Å²) in [5.74, 6) is -0.264. The van der Waals surface area contributed by atoms with E-state index >= 15 is 0 Å². The highest BCUT2D eigenvalue weighted by Crippen LogP contribution is 2.23. The Morgan fingerprint density at radius 3 is 2.94 bits per heavy atom. The number of anilines is 1. The molecule has 1 aromatic carbocycles. The molecule has 0 saturated carbocycles. The molecule has 0 radical (unpaired) electrons. The van der Waals surface area contributed by atoms with Crippen LogP contribution in [-0.4, -0.2) is 11.5 Å². The minimum atomic E-state index is -0.264. The highest BCUT2D eigenvalue weighted by molar-refractivity contribution is 5.91. The van der Waals surface area contributed by atoms with Gasteiger partial charge in [-0.2, -0.15) is 0 Å². The largest absolute Gasteiger partial charge is 0.384 e. The lowest BCUT2D eigenvalue weighted by molar-refractivity contribution is 0.637. The zero-order chi connectivity index (χ0) is 12.1. The van der Waals surface area contributed by atoms with Crippen molar-refractivity contribution in [3.63, 3.8) is 0 Å². The molecule has 2 rings (SSSR count). The van der Waals surface area contributed by atoms with Crippen molar-refractivity contribution < 1.29 is 4.39 Å². The maximum absolute atomic E-state index is 13.5. The van der Waals surface area contributed by atoms with Gasteiger partial charge in [-0.15, -0.1) is 0 Å². The van der Waals surface area contributed by atoms with Crippen LogP contribution < -0.4 is 5.32 Å². The number of unbranched alkanes of at least 4 members (excludes halogenated alkanes) is 2. The Morgan fingerprint density at radius 2 is 2.12 bits per heavy atom. The summed E-state index contributed by atoms with van der Waals surface area (Å²) in [4.78, 5) is 4.07. The molecule has 90 valence electrons. The van der Waals surface area contributed by atoms with Crippen LogP contribution in [0, 0.1) is 5.82 Å². The van der Waals surface area contributed by atoms with Gasteiger partial charge in [-0.25, -0.2) is 4.39 Å². The lowest BCUT2D eigenvalue weighted by Gasteiger charge is -2.09. The van der Waals surface area contributed by atoms with E-state index in [0.717, 1.165) is 24.0 Å². The van der Waals surface area contributed by atoms with E-state index in [9.17, 15) is 4.39 Å². The SMILES string of the molecule is CCCCCNc1ccnc2c(F)cccc12. The molecule has 0 spiro atoms. The first kappa shape index (κ1) is 11.8. The summed E-state index contributed by atoms with van der Waals surface area (Å²) in [5.41, 5.74) is 1.40. The van der Waals surface area contributed by atoms with Crippen molar-refractivity contribution in [2.24, 2.45) is 0 Å². The molecule has 0 bridgehead atoms. The molecule has 0 fully saturated rings. The Hall–Kier alpha value is -1.64. The molecule has 0 unspecified atom stereocenters. The highest BCUT2D eigenvalue weighted by Gasteiger charge is 2.04. The van der Waals surface area contributed by atoms with E-state index in [0.29, 0.717) is 5.52 Å². The van der Waals surface area contributed by atoms with E-state index in [1.807, 2.05) is 12.1 Å². The number of para-hydroxylation sites is 1. The van der Waals surface area contributed by atoms with Gasteiger partial charge in [-0.3, -0.25) is 4.98 Å². The van der Waals surface area contributed by atoms with Crippen LogP contribution in [0.4, 0.5) is 10.1 Å². The van der Waals surface area contributed by atoms with Crippen LogP contribution in [0.15, 0.2) is 30.5 Å². The fourth-order valence-corrected chi connectivity index (χ4v) is 1.89. The van der Waals surface area contributed by atoms with Gasteiger partial charge in [-0.05, 0) is 18.6 Å². The molecule has 2 aromatic rings. The standard InChI is InChI=1S/C14H17FN2/c1-2-3-4-9-16-13-8-10-17-14-11(13)6-5-7-12(14)15/h5-8,10H,2-4,9H2,1H3,(H,16,17). The Kier molecular flexibility index (Phi) is 3.91. The van der Waals surface area contributed by atoms with Gasteiger partial charge in [0, 0.05) is 23.8 Å². The first-order chi connectivity index (χ1) is 8.33.